The van der Waals surface area contributed by atoms with Crippen LogP contribution in [0.5, 0.6) is 0 Å². The SMILES string of the molecule is CC(C)(C)NC(=S)NNC(=O)c1ccc(Cl)c(Cl)c1. The van der Waals surface area contributed by atoms with Crippen molar-refractivity contribution in [3.8, 4) is 0 Å². The Morgan fingerprint density at radius 1 is 1.16 bits per heavy atom. The summed E-state index contributed by atoms with van der Waals surface area (Å²) in [5, 5.41) is 4.06. The molecule has 0 unspecified atom stereocenters. The van der Waals surface area contributed by atoms with Gasteiger partial charge in [0.2, 0.25) is 0 Å². The highest BCUT2D eigenvalue weighted by Crippen LogP contribution is 2.22. The highest BCUT2D eigenvalue weighted by molar-refractivity contribution is 7.80. The van der Waals surface area contributed by atoms with E-state index in [0.29, 0.717) is 20.7 Å². The number of amides is 1. The van der Waals surface area contributed by atoms with Crippen LogP contribution in [0.15, 0.2) is 18.2 Å². The highest BCUT2D eigenvalue weighted by atomic mass is 35.5. The average molecular weight is 320 g/mol. The Hall–Kier alpha value is -1.04. The third-order valence-corrected chi connectivity index (χ3v) is 2.90. The lowest BCUT2D eigenvalue weighted by molar-refractivity contribution is 0.0943. The van der Waals surface area contributed by atoms with E-state index in [0.717, 1.165) is 0 Å². The first kappa shape index (κ1) is 16.0. The number of hydrogen-bond donors (Lipinski definition) is 3. The van der Waals surface area contributed by atoms with Crippen molar-refractivity contribution in [3.05, 3.63) is 33.8 Å². The van der Waals surface area contributed by atoms with Gasteiger partial charge in [-0.3, -0.25) is 15.6 Å². The zero-order valence-corrected chi connectivity index (χ0v) is 13.1. The first-order valence-electron chi connectivity index (χ1n) is 5.52. The molecule has 0 fully saturated rings. The maximum Gasteiger partial charge on any atom is 0.269 e. The van der Waals surface area contributed by atoms with Gasteiger partial charge >= 0.3 is 0 Å². The Morgan fingerprint density at radius 2 is 1.79 bits per heavy atom. The molecular weight excluding hydrogens is 305 g/mol. The molecule has 1 aromatic carbocycles. The molecule has 0 saturated heterocycles. The highest BCUT2D eigenvalue weighted by Gasteiger charge is 2.12. The van der Waals surface area contributed by atoms with Crippen LogP contribution in [-0.2, 0) is 0 Å². The molecular formula is C12H15Cl2N3OS. The van der Waals surface area contributed by atoms with Crippen molar-refractivity contribution in [1.82, 2.24) is 16.2 Å². The van der Waals surface area contributed by atoms with Gasteiger partial charge in [0.05, 0.1) is 10.0 Å². The normalized spacial score (nSPS) is 10.8. The van der Waals surface area contributed by atoms with Crippen molar-refractivity contribution >= 4 is 46.4 Å². The predicted molar refractivity (Wildman–Crippen MR) is 82.6 cm³/mol. The molecule has 0 heterocycles. The van der Waals surface area contributed by atoms with Crippen LogP contribution in [0.2, 0.25) is 10.0 Å². The second kappa shape index (κ2) is 6.41. The van der Waals surface area contributed by atoms with Crippen LogP contribution in [-0.4, -0.2) is 16.6 Å². The monoisotopic (exact) mass is 319 g/mol. The van der Waals surface area contributed by atoms with Gasteiger partial charge in [-0.2, -0.15) is 0 Å². The van der Waals surface area contributed by atoms with Crippen LogP contribution in [0, 0.1) is 0 Å². The number of hydrazine groups is 1. The molecule has 1 amide bonds. The lowest BCUT2D eigenvalue weighted by atomic mass is 10.1. The molecule has 1 aromatic rings. The molecule has 19 heavy (non-hydrogen) atoms. The quantitative estimate of drug-likeness (QED) is 0.550. The Balaban J connectivity index is 2.56. The number of thiocarbonyl (C=S) groups is 1. The van der Waals surface area contributed by atoms with Gasteiger partial charge in [-0.05, 0) is 51.2 Å². The van der Waals surface area contributed by atoms with E-state index < -0.39 is 0 Å². The first-order valence-corrected chi connectivity index (χ1v) is 6.69. The minimum Gasteiger partial charge on any atom is -0.357 e. The van der Waals surface area contributed by atoms with Crippen molar-refractivity contribution in [3.63, 3.8) is 0 Å². The number of carbonyl (C=O) groups is 1. The third kappa shape index (κ3) is 5.63. The van der Waals surface area contributed by atoms with Gasteiger partial charge in [-0.15, -0.1) is 0 Å². The van der Waals surface area contributed by atoms with Gasteiger partial charge in [0.1, 0.15) is 0 Å². The van der Waals surface area contributed by atoms with Crippen LogP contribution >= 0.6 is 35.4 Å². The van der Waals surface area contributed by atoms with E-state index in [-0.39, 0.29) is 11.4 Å². The van der Waals surface area contributed by atoms with Gasteiger partial charge in [-0.25, -0.2) is 0 Å². The summed E-state index contributed by atoms with van der Waals surface area (Å²) in [5.41, 5.74) is 5.30. The number of hydrogen-bond acceptors (Lipinski definition) is 2. The zero-order valence-electron chi connectivity index (χ0n) is 10.8. The molecule has 0 aliphatic rings. The van der Waals surface area contributed by atoms with Crippen LogP contribution in [0.25, 0.3) is 0 Å². The molecule has 0 radical (unpaired) electrons. The van der Waals surface area contributed by atoms with E-state index >= 15 is 0 Å². The molecule has 0 aromatic heterocycles. The van der Waals surface area contributed by atoms with E-state index in [4.69, 9.17) is 35.4 Å². The maximum absolute atomic E-state index is 11.8. The standard InChI is InChI=1S/C12H15Cl2N3OS/c1-12(2,3)15-11(19)17-16-10(18)7-4-5-8(13)9(14)6-7/h4-6H,1-3H3,(H,16,18)(H2,15,17,19). The number of nitrogens with one attached hydrogen (secondary N) is 3. The molecule has 0 saturated carbocycles. The lowest BCUT2D eigenvalue weighted by Crippen LogP contribution is -2.52. The van der Waals surface area contributed by atoms with Crippen LogP contribution in [0.4, 0.5) is 0 Å². The summed E-state index contributed by atoms with van der Waals surface area (Å²) >= 11 is 16.6. The molecule has 1 rings (SSSR count). The predicted octanol–water partition coefficient (Wildman–Crippen LogP) is 2.90. The van der Waals surface area contributed by atoms with E-state index in [9.17, 15) is 4.79 Å². The third-order valence-electron chi connectivity index (χ3n) is 1.96. The molecule has 0 aliphatic carbocycles. The van der Waals surface area contributed by atoms with E-state index in [1.54, 1.807) is 12.1 Å². The Bertz CT molecular complexity index is 500. The fraction of sp³-hybridized carbons (Fsp3) is 0.333. The van der Waals surface area contributed by atoms with Crippen LogP contribution in [0.1, 0.15) is 31.1 Å². The molecule has 4 nitrogen and oxygen atoms in total. The van der Waals surface area contributed by atoms with Crippen molar-refractivity contribution in [2.75, 3.05) is 0 Å². The Kier molecular flexibility index (Phi) is 5.40. The van der Waals surface area contributed by atoms with Crippen molar-refractivity contribution < 1.29 is 4.79 Å². The van der Waals surface area contributed by atoms with Gasteiger partial charge in [0.25, 0.3) is 5.91 Å². The summed E-state index contributed by atoms with van der Waals surface area (Å²) in [6.07, 6.45) is 0. The largest absolute Gasteiger partial charge is 0.357 e. The minimum atomic E-state index is -0.350. The molecule has 0 aliphatic heterocycles. The first-order chi connectivity index (χ1) is 8.69. The summed E-state index contributed by atoms with van der Waals surface area (Å²) in [4.78, 5) is 11.8. The fourth-order valence-corrected chi connectivity index (χ4v) is 1.85. The fourth-order valence-electron chi connectivity index (χ4n) is 1.19. The minimum absolute atomic E-state index is 0.182. The summed E-state index contributed by atoms with van der Waals surface area (Å²) in [6.45, 7) is 5.88. The van der Waals surface area contributed by atoms with Crippen molar-refractivity contribution in [2.24, 2.45) is 0 Å². The summed E-state index contributed by atoms with van der Waals surface area (Å²) in [5.74, 6) is -0.350. The van der Waals surface area contributed by atoms with Gasteiger partial charge in [-0.1, -0.05) is 23.2 Å². The van der Waals surface area contributed by atoms with Crippen molar-refractivity contribution in [2.45, 2.75) is 26.3 Å². The maximum atomic E-state index is 11.8. The Labute approximate surface area is 127 Å². The smallest absolute Gasteiger partial charge is 0.269 e. The van der Waals surface area contributed by atoms with Gasteiger partial charge < -0.3 is 5.32 Å². The van der Waals surface area contributed by atoms with E-state index in [1.807, 2.05) is 20.8 Å². The molecule has 7 heteroatoms. The van der Waals surface area contributed by atoms with E-state index in [2.05, 4.69) is 16.2 Å². The topological polar surface area (TPSA) is 53.2 Å². The second-order valence-electron chi connectivity index (χ2n) is 4.91. The molecule has 0 bridgehead atoms. The zero-order chi connectivity index (χ0) is 14.6. The number of halogens is 2. The summed E-state index contributed by atoms with van der Waals surface area (Å²) < 4.78 is 0. The number of rotatable bonds is 1. The summed E-state index contributed by atoms with van der Waals surface area (Å²) in [6, 6.07) is 4.62. The van der Waals surface area contributed by atoms with E-state index in [1.165, 1.54) is 6.07 Å². The number of carbonyl (C=O) groups excluding carboxylic acids is 1. The van der Waals surface area contributed by atoms with Crippen LogP contribution < -0.4 is 16.2 Å². The van der Waals surface area contributed by atoms with Gasteiger partial charge in [0, 0.05) is 11.1 Å². The molecule has 3 N–H and O–H groups in total. The van der Waals surface area contributed by atoms with Crippen molar-refractivity contribution in [1.29, 1.82) is 0 Å². The van der Waals surface area contributed by atoms with Gasteiger partial charge in [0.15, 0.2) is 5.11 Å². The lowest BCUT2D eigenvalue weighted by Gasteiger charge is -2.23. The Morgan fingerprint density at radius 3 is 2.32 bits per heavy atom. The summed E-state index contributed by atoms with van der Waals surface area (Å²) in [7, 11) is 0. The molecule has 0 atom stereocenters. The average Bonchev–Trinajstić information content (AvgIpc) is 2.27. The number of benzene rings is 1. The molecule has 104 valence electrons. The molecule has 0 spiro atoms. The second-order valence-corrected chi connectivity index (χ2v) is 6.13. The van der Waals surface area contributed by atoms with Crippen LogP contribution in [0.3, 0.4) is 0 Å².